The highest BCUT2D eigenvalue weighted by molar-refractivity contribution is 5.91. The molecule has 134 valence electrons. The van der Waals surface area contributed by atoms with Crippen LogP contribution in [0.25, 0.3) is 5.82 Å². The smallest absolute Gasteiger partial charge is 0.231 e. The minimum Gasteiger partial charge on any atom is -0.356 e. The van der Waals surface area contributed by atoms with Crippen molar-refractivity contribution in [1.29, 1.82) is 0 Å². The number of nitrogens with one attached hydrogen (secondary N) is 1. The standard InChI is InChI=1S/C16H18N8O2/c1-11-6-15(26-22-11)21-16(25)12-2-4-23(5-3-12)13-7-14(19-9-18-13)24-10-17-8-20-24/h6-10,12H,2-5H2,1H3,(H,21,25). The van der Waals surface area contributed by atoms with Gasteiger partial charge in [-0.15, -0.1) is 0 Å². The van der Waals surface area contributed by atoms with Crippen molar-refractivity contribution >= 4 is 17.6 Å². The maximum Gasteiger partial charge on any atom is 0.231 e. The molecule has 0 atom stereocenters. The lowest BCUT2D eigenvalue weighted by Crippen LogP contribution is -2.38. The van der Waals surface area contributed by atoms with E-state index in [2.05, 4.69) is 35.4 Å². The lowest BCUT2D eigenvalue weighted by Gasteiger charge is -2.31. The highest BCUT2D eigenvalue weighted by Crippen LogP contribution is 2.24. The molecule has 1 aliphatic heterocycles. The van der Waals surface area contributed by atoms with Crippen LogP contribution in [0.5, 0.6) is 0 Å². The molecule has 10 nitrogen and oxygen atoms in total. The van der Waals surface area contributed by atoms with Crippen LogP contribution in [0.1, 0.15) is 18.5 Å². The minimum atomic E-state index is -0.0618. The summed E-state index contributed by atoms with van der Waals surface area (Å²) in [5.41, 5.74) is 0.738. The van der Waals surface area contributed by atoms with E-state index >= 15 is 0 Å². The normalized spacial score (nSPS) is 15.2. The molecule has 0 spiro atoms. The van der Waals surface area contributed by atoms with E-state index in [4.69, 9.17) is 4.52 Å². The first-order valence-electron chi connectivity index (χ1n) is 8.35. The first-order chi connectivity index (χ1) is 12.7. The number of aromatic nitrogens is 6. The molecule has 3 aromatic rings. The van der Waals surface area contributed by atoms with Crippen LogP contribution >= 0.6 is 0 Å². The van der Waals surface area contributed by atoms with Crippen LogP contribution in [0.2, 0.25) is 0 Å². The average Bonchev–Trinajstić information content (AvgIpc) is 3.34. The van der Waals surface area contributed by atoms with Crippen LogP contribution in [0, 0.1) is 12.8 Å². The lowest BCUT2D eigenvalue weighted by atomic mass is 9.96. The summed E-state index contributed by atoms with van der Waals surface area (Å²) < 4.78 is 6.63. The van der Waals surface area contributed by atoms with Gasteiger partial charge in [0, 0.05) is 31.1 Å². The van der Waals surface area contributed by atoms with E-state index in [1.807, 2.05) is 13.0 Å². The minimum absolute atomic E-state index is 0.0354. The maximum atomic E-state index is 12.4. The van der Waals surface area contributed by atoms with Crippen molar-refractivity contribution in [2.75, 3.05) is 23.3 Å². The van der Waals surface area contributed by atoms with Crippen LogP contribution in [-0.4, -0.2) is 48.9 Å². The van der Waals surface area contributed by atoms with Gasteiger partial charge in [-0.3, -0.25) is 10.1 Å². The Morgan fingerprint density at radius 2 is 2.00 bits per heavy atom. The zero-order valence-corrected chi connectivity index (χ0v) is 14.2. The average molecular weight is 354 g/mol. The molecule has 10 heteroatoms. The van der Waals surface area contributed by atoms with Gasteiger partial charge in [0.2, 0.25) is 11.8 Å². The number of piperidine rings is 1. The van der Waals surface area contributed by atoms with E-state index in [0.717, 1.165) is 37.4 Å². The monoisotopic (exact) mass is 354 g/mol. The number of hydrogen-bond acceptors (Lipinski definition) is 8. The van der Waals surface area contributed by atoms with Crippen LogP contribution in [-0.2, 0) is 4.79 Å². The summed E-state index contributed by atoms with van der Waals surface area (Å²) in [5, 5.41) is 10.6. The Morgan fingerprint density at radius 3 is 2.69 bits per heavy atom. The summed E-state index contributed by atoms with van der Waals surface area (Å²) >= 11 is 0. The second-order valence-electron chi connectivity index (χ2n) is 6.16. The number of nitrogens with zero attached hydrogens (tertiary/aromatic N) is 7. The van der Waals surface area contributed by atoms with Gasteiger partial charge >= 0.3 is 0 Å². The summed E-state index contributed by atoms with van der Waals surface area (Å²) in [7, 11) is 0. The van der Waals surface area contributed by atoms with E-state index < -0.39 is 0 Å². The summed E-state index contributed by atoms with van der Waals surface area (Å²) in [6.45, 7) is 3.29. The van der Waals surface area contributed by atoms with E-state index in [9.17, 15) is 4.79 Å². The van der Waals surface area contributed by atoms with Crippen molar-refractivity contribution in [3.05, 3.63) is 36.8 Å². The molecule has 1 N–H and O–H groups in total. The van der Waals surface area contributed by atoms with Crippen LogP contribution in [0.3, 0.4) is 0 Å². The topological polar surface area (TPSA) is 115 Å². The van der Waals surface area contributed by atoms with E-state index in [1.165, 1.54) is 12.7 Å². The second-order valence-corrected chi connectivity index (χ2v) is 6.16. The Morgan fingerprint density at radius 1 is 1.19 bits per heavy atom. The summed E-state index contributed by atoms with van der Waals surface area (Å²) in [6, 6.07) is 3.58. The molecule has 0 aliphatic carbocycles. The van der Waals surface area contributed by atoms with Gasteiger partial charge in [0.05, 0.1) is 5.69 Å². The molecule has 1 fully saturated rings. The number of anilines is 2. The molecule has 3 aromatic heterocycles. The molecule has 1 aliphatic rings. The number of hydrogen-bond donors (Lipinski definition) is 1. The molecule has 4 heterocycles. The fourth-order valence-corrected chi connectivity index (χ4v) is 2.98. The summed E-state index contributed by atoms with van der Waals surface area (Å²) in [4.78, 5) is 27.0. The largest absolute Gasteiger partial charge is 0.356 e. The van der Waals surface area contributed by atoms with E-state index in [0.29, 0.717) is 11.7 Å². The van der Waals surface area contributed by atoms with Crippen LogP contribution in [0.4, 0.5) is 11.7 Å². The van der Waals surface area contributed by atoms with Gasteiger partial charge < -0.3 is 9.42 Å². The number of carbonyl (C=O) groups excluding carboxylic acids is 1. The van der Waals surface area contributed by atoms with Crippen molar-refractivity contribution in [2.45, 2.75) is 19.8 Å². The van der Waals surface area contributed by atoms with Gasteiger partial charge in [0.1, 0.15) is 24.8 Å². The van der Waals surface area contributed by atoms with Gasteiger partial charge in [-0.2, -0.15) is 5.10 Å². The van der Waals surface area contributed by atoms with Gasteiger partial charge in [0.15, 0.2) is 5.82 Å². The lowest BCUT2D eigenvalue weighted by molar-refractivity contribution is -0.120. The quantitative estimate of drug-likeness (QED) is 0.743. The van der Waals surface area contributed by atoms with Crippen molar-refractivity contribution in [3.8, 4) is 5.82 Å². The molecular formula is C16H18N8O2. The van der Waals surface area contributed by atoms with Crippen molar-refractivity contribution in [2.24, 2.45) is 5.92 Å². The Balaban J connectivity index is 1.37. The highest BCUT2D eigenvalue weighted by Gasteiger charge is 2.26. The molecule has 0 bridgehead atoms. The fourth-order valence-electron chi connectivity index (χ4n) is 2.98. The number of aryl methyl sites for hydroxylation is 1. The van der Waals surface area contributed by atoms with Crippen LogP contribution < -0.4 is 10.2 Å². The van der Waals surface area contributed by atoms with Crippen molar-refractivity contribution in [1.82, 2.24) is 29.9 Å². The fraction of sp³-hybridized carbons (Fsp3) is 0.375. The third kappa shape index (κ3) is 3.39. The van der Waals surface area contributed by atoms with Gasteiger partial charge in [0.25, 0.3) is 0 Å². The third-order valence-corrected chi connectivity index (χ3v) is 4.36. The molecule has 0 unspecified atom stereocenters. The molecule has 1 amide bonds. The number of amides is 1. The predicted molar refractivity (Wildman–Crippen MR) is 91.8 cm³/mol. The number of carbonyl (C=O) groups is 1. The zero-order chi connectivity index (χ0) is 17.9. The van der Waals surface area contributed by atoms with Crippen molar-refractivity contribution in [3.63, 3.8) is 0 Å². The predicted octanol–water partition coefficient (Wildman–Crippen LogP) is 1.21. The maximum absolute atomic E-state index is 12.4. The van der Waals surface area contributed by atoms with E-state index in [1.54, 1.807) is 17.1 Å². The van der Waals surface area contributed by atoms with Crippen molar-refractivity contribution < 1.29 is 9.32 Å². The molecule has 26 heavy (non-hydrogen) atoms. The zero-order valence-electron chi connectivity index (χ0n) is 14.2. The molecule has 0 aromatic carbocycles. The molecule has 4 rings (SSSR count). The molecule has 0 radical (unpaired) electrons. The van der Waals surface area contributed by atoms with Gasteiger partial charge in [-0.25, -0.2) is 19.6 Å². The number of rotatable bonds is 4. The second kappa shape index (κ2) is 6.90. The molecule has 1 saturated heterocycles. The Labute approximate surface area is 149 Å². The SMILES string of the molecule is Cc1cc(NC(=O)C2CCN(c3cc(-n4cncn4)ncn3)CC2)on1. The first kappa shape index (κ1) is 16.2. The van der Waals surface area contributed by atoms with Gasteiger partial charge in [-0.05, 0) is 19.8 Å². The van der Waals surface area contributed by atoms with Crippen LogP contribution in [0.15, 0.2) is 35.6 Å². The van der Waals surface area contributed by atoms with E-state index in [-0.39, 0.29) is 11.8 Å². The summed E-state index contributed by atoms with van der Waals surface area (Å²) in [5.74, 6) is 1.77. The molecule has 0 saturated carbocycles. The Bertz CT molecular complexity index is 883. The first-order valence-corrected chi connectivity index (χ1v) is 8.35. The summed E-state index contributed by atoms with van der Waals surface area (Å²) in [6.07, 6.45) is 6.04. The van der Waals surface area contributed by atoms with Gasteiger partial charge in [-0.1, -0.05) is 5.16 Å². The Kier molecular flexibility index (Phi) is 4.30. The highest BCUT2D eigenvalue weighted by atomic mass is 16.5. The Hall–Kier alpha value is -3.30. The third-order valence-electron chi connectivity index (χ3n) is 4.36. The molecular weight excluding hydrogens is 336 g/mol.